The van der Waals surface area contributed by atoms with E-state index >= 15 is 0 Å². The SMILES string of the molecule is C[C@@H]1CN(C(=O)CCCc2cccs2)[C@H](C)CO1. The van der Waals surface area contributed by atoms with Gasteiger partial charge in [0.25, 0.3) is 0 Å². The number of aryl methyl sites for hydroxylation is 1. The zero-order valence-electron chi connectivity index (χ0n) is 11.1. The molecule has 2 atom stereocenters. The van der Waals surface area contributed by atoms with E-state index < -0.39 is 0 Å². The van der Waals surface area contributed by atoms with E-state index in [1.807, 2.05) is 11.8 Å². The smallest absolute Gasteiger partial charge is 0.222 e. The highest BCUT2D eigenvalue weighted by molar-refractivity contribution is 7.09. The molecule has 1 aromatic heterocycles. The Labute approximate surface area is 113 Å². The highest BCUT2D eigenvalue weighted by atomic mass is 32.1. The lowest BCUT2D eigenvalue weighted by Gasteiger charge is -2.36. The molecule has 0 bridgehead atoms. The Morgan fingerprint density at radius 3 is 3.11 bits per heavy atom. The minimum Gasteiger partial charge on any atom is -0.375 e. The van der Waals surface area contributed by atoms with Crippen molar-refractivity contribution in [2.75, 3.05) is 13.2 Å². The van der Waals surface area contributed by atoms with Crippen molar-refractivity contribution < 1.29 is 9.53 Å². The number of morpholine rings is 1. The summed E-state index contributed by atoms with van der Waals surface area (Å²) in [6.07, 6.45) is 2.77. The first-order valence-electron chi connectivity index (χ1n) is 6.60. The van der Waals surface area contributed by atoms with Crippen LogP contribution in [0, 0.1) is 0 Å². The van der Waals surface area contributed by atoms with E-state index in [-0.39, 0.29) is 18.1 Å². The van der Waals surface area contributed by atoms with Crippen LogP contribution in [-0.2, 0) is 16.0 Å². The summed E-state index contributed by atoms with van der Waals surface area (Å²) < 4.78 is 5.54. The standard InChI is InChI=1S/C14H21NO2S/c1-11-10-17-12(2)9-15(11)14(16)7-3-5-13-6-4-8-18-13/h4,6,8,11-12H,3,5,7,9-10H2,1-2H3/t11-,12-/m1/s1. The third-order valence-corrected chi connectivity index (χ3v) is 4.26. The average molecular weight is 267 g/mol. The van der Waals surface area contributed by atoms with Crippen molar-refractivity contribution in [3.8, 4) is 0 Å². The van der Waals surface area contributed by atoms with E-state index in [9.17, 15) is 4.79 Å². The largest absolute Gasteiger partial charge is 0.375 e. The van der Waals surface area contributed by atoms with Gasteiger partial charge in [0.15, 0.2) is 0 Å². The Kier molecular flexibility index (Phi) is 4.78. The Balaban J connectivity index is 1.76. The summed E-state index contributed by atoms with van der Waals surface area (Å²) in [5, 5.41) is 2.09. The van der Waals surface area contributed by atoms with Gasteiger partial charge in [0.05, 0.1) is 18.8 Å². The van der Waals surface area contributed by atoms with Gasteiger partial charge in [0.1, 0.15) is 0 Å². The van der Waals surface area contributed by atoms with Crippen LogP contribution in [0.2, 0.25) is 0 Å². The van der Waals surface area contributed by atoms with Gasteiger partial charge < -0.3 is 9.64 Å². The lowest BCUT2D eigenvalue weighted by Crippen LogP contribution is -2.50. The molecule has 3 nitrogen and oxygen atoms in total. The lowest BCUT2D eigenvalue weighted by molar-refractivity contribution is -0.143. The van der Waals surface area contributed by atoms with Crippen LogP contribution >= 0.6 is 11.3 Å². The fraction of sp³-hybridized carbons (Fsp3) is 0.643. The molecule has 0 spiro atoms. The molecular formula is C14H21NO2S. The first kappa shape index (κ1) is 13.6. The van der Waals surface area contributed by atoms with Crippen molar-refractivity contribution in [2.24, 2.45) is 0 Å². The molecule has 1 aliphatic rings. The molecule has 0 unspecified atom stereocenters. The topological polar surface area (TPSA) is 29.5 Å². The number of thiophene rings is 1. The molecule has 0 aromatic carbocycles. The number of hydrogen-bond acceptors (Lipinski definition) is 3. The first-order valence-corrected chi connectivity index (χ1v) is 7.48. The van der Waals surface area contributed by atoms with Crippen LogP contribution in [0.1, 0.15) is 31.6 Å². The molecule has 1 aliphatic heterocycles. The number of hydrogen-bond donors (Lipinski definition) is 0. The molecule has 100 valence electrons. The van der Waals surface area contributed by atoms with Gasteiger partial charge in [-0.3, -0.25) is 4.79 Å². The molecule has 1 saturated heterocycles. The van der Waals surface area contributed by atoms with E-state index in [0.717, 1.165) is 19.4 Å². The normalized spacial score (nSPS) is 24.2. The maximum atomic E-state index is 12.2. The van der Waals surface area contributed by atoms with E-state index in [0.29, 0.717) is 13.0 Å². The van der Waals surface area contributed by atoms with Gasteiger partial charge in [-0.05, 0) is 38.1 Å². The molecule has 1 amide bonds. The van der Waals surface area contributed by atoms with Gasteiger partial charge in [0.2, 0.25) is 5.91 Å². The number of ether oxygens (including phenoxy) is 1. The van der Waals surface area contributed by atoms with E-state index in [2.05, 4.69) is 24.4 Å². The Bertz CT molecular complexity index is 377. The predicted octanol–water partition coefficient (Wildman–Crippen LogP) is 2.71. The average Bonchev–Trinajstić information content (AvgIpc) is 2.85. The summed E-state index contributed by atoms with van der Waals surface area (Å²) in [4.78, 5) is 15.5. The predicted molar refractivity (Wildman–Crippen MR) is 73.8 cm³/mol. The maximum absolute atomic E-state index is 12.2. The van der Waals surface area contributed by atoms with Crippen LogP contribution in [0.3, 0.4) is 0 Å². The molecule has 0 saturated carbocycles. The van der Waals surface area contributed by atoms with Gasteiger partial charge in [-0.1, -0.05) is 6.07 Å². The molecule has 2 heterocycles. The monoisotopic (exact) mass is 267 g/mol. The minimum absolute atomic E-state index is 0.169. The zero-order valence-corrected chi connectivity index (χ0v) is 11.9. The fourth-order valence-electron chi connectivity index (χ4n) is 2.26. The Morgan fingerprint density at radius 1 is 1.56 bits per heavy atom. The molecule has 1 aromatic rings. The number of rotatable bonds is 4. The molecule has 2 rings (SSSR count). The van der Waals surface area contributed by atoms with Gasteiger partial charge >= 0.3 is 0 Å². The van der Waals surface area contributed by atoms with Gasteiger partial charge in [-0.2, -0.15) is 0 Å². The van der Waals surface area contributed by atoms with Crippen LogP contribution in [0.25, 0.3) is 0 Å². The van der Waals surface area contributed by atoms with Crippen LogP contribution in [0.5, 0.6) is 0 Å². The summed E-state index contributed by atoms with van der Waals surface area (Å²) in [6, 6.07) is 4.41. The Hall–Kier alpha value is -0.870. The van der Waals surface area contributed by atoms with Gasteiger partial charge in [-0.25, -0.2) is 0 Å². The highest BCUT2D eigenvalue weighted by Gasteiger charge is 2.26. The van der Waals surface area contributed by atoms with Crippen molar-refractivity contribution in [2.45, 2.75) is 45.3 Å². The second-order valence-corrected chi connectivity index (χ2v) is 6.00. The maximum Gasteiger partial charge on any atom is 0.222 e. The first-order chi connectivity index (χ1) is 8.66. The van der Waals surface area contributed by atoms with Crippen LogP contribution in [0.4, 0.5) is 0 Å². The van der Waals surface area contributed by atoms with Crippen molar-refractivity contribution in [1.29, 1.82) is 0 Å². The lowest BCUT2D eigenvalue weighted by atomic mass is 10.1. The zero-order chi connectivity index (χ0) is 13.0. The summed E-state index contributed by atoms with van der Waals surface area (Å²) in [6.45, 7) is 5.48. The molecule has 0 N–H and O–H groups in total. The summed E-state index contributed by atoms with van der Waals surface area (Å²) in [5.41, 5.74) is 0. The highest BCUT2D eigenvalue weighted by Crippen LogP contribution is 2.16. The van der Waals surface area contributed by atoms with Gasteiger partial charge in [0, 0.05) is 17.8 Å². The summed E-state index contributed by atoms with van der Waals surface area (Å²) >= 11 is 1.77. The molecule has 18 heavy (non-hydrogen) atoms. The molecule has 4 heteroatoms. The van der Waals surface area contributed by atoms with Crippen molar-refractivity contribution in [3.05, 3.63) is 22.4 Å². The molecule has 0 radical (unpaired) electrons. The molecule has 0 aliphatic carbocycles. The quantitative estimate of drug-likeness (QED) is 0.839. The molecular weight excluding hydrogens is 246 g/mol. The third kappa shape index (κ3) is 3.56. The fourth-order valence-corrected chi connectivity index (χ4v) is 3.01. The van der Waals surface area contributed by atoms with Crippen LogP contribution in [-0.4, -0.2) is 36.1 Å². The third-order valence-electron chi connectivity index (χ3n) is 3.32. The number of carbonyl (C=O) groups is 1. The van der Waals surface area contributed by atoms with Gasteiger partial charge in [-0.15, -0.1) is 11.3 Å². The second kappa shape index (κ2) is 6.34. The van der Waals surface area contributed by atoms with Crippen molar-refractivity contribution in [1.82, 2.24) is 4.90 Å². The minimum atomic E-state index is 0.169. The van der Waals surface area contributed by atoms with Crippen molar-refractivity contribution in [3.63, 3.8) is 0 Å². The van der Waals surface area contributed by atoms with Crippen LogP contribution in [0.15, 0.2) is 17.5 Å². The van der Waals surface area contributed by atoms with Crippen molar-refractivity contribution >= 4 is 17.2 Å². The van der Waals surface area contributed by atoms with E-state index in [1.54, 1.807) is 11.3 Å². The Morgan fingerprint density at radius 2 is 2.39 bits per heavy atom. The second-order valence-electron chi connectivity index (χ2n) is 4.97. The van der Waals surface area contributed by atoms with E-state index in [4.69, 9.17) is 4.74 Å². The number of amides is 1. The summed E-state index contributed by atoms with van der Waals surface area (Å²) in [5.74, 6) is 0.272. The number of carbonyl (C=O) groups excluding carboxylic acids is 1. The summed E-state index contributed by atoms with van der Waals surface area (Å²) in [7, 11) is 0. The number of nitrogens with zero attached hydrogens (tertiary/aromatic N) is 1. The van der Waals surface area contributed by atoms with E-state index in [1.165, 1.54) is 4.88 Å². The molecule has 1 fully saturated rings. The van der Waals surface area contributed by atoms with Crippen LogP contribution < -0.4 is 0 Å².